The van der Waals surface area contributed by atoms with Gasteiger partial charge in [0.1, 0.15) is 0 Å². The van der Waals surface area contributed by atoms with Gasteiger partial charge in [0.05, 0.1) is 12.8 Å². The van der Waals surface area contributed by atoms with Gasteiger partial charge in [0, 0.05) is 11.1 Å². The van der Waals surface area contributed by atoms with Crippen LogP contribution in [0.25, 0.3) is 0 Å². The van der Waals surface area contributed by atoms with E-state index in [9.17, 15) is 19.2 Å². The van der Waals surface area contributed by atoms with E-state index in [0.717, 1.165) is 0 Å². The van der Waals surface area contributed by atoms with E-state index < -0.39 is 36.7 Å². The molecule has 22 heavy (non-hydrogen) atoms. The highest BCUT2D eigenvalue weighted by atomic mass is 17.2. The first-order valence-corrected chi connectivity index (χ1v) is 6.50. The highest BCUT2D eigenvalue weighted by molar-refractivity contribution is 5.88. The minimum atomic E-state index is -0.960. The largest absolute Gasteiger partial charge is 0.381 e. The smallest absolute Gasteiger partial charge is 0.247 e. The molecule has 0 amide bonds. The molecule has 0 aliphatic heterocycles. The maximum Gasteiger partial charge on any atom is 0.381 e. The van der Waals surface area contributed by atoms with Crippen LogP contribution in [0.2, 0.25) is 0 Å². The fraction of sp³-hybridized carbons (Fsp3) is 0.429. The molecule has 0 spiro atoms. The lowest BCUT2D eigenvalue weighted by Gasteiger charge is -2.04. The van der Waals surface area contributed by atoms with Crippen molar-refractivity contribution in [3.8, 4) is 0 Å². The third kappa shape index (κ3) is 7.83. The number of hydrogen-bond acceptors (Lipinski definition) is 8. The van der Waals surface area contributed by atoms with Crippen molar-refractivity contribution < 1.29 is 38.7 Å². The highest BCUT2D eigenvalue weighted by Crippen LogP contribution is 2.04. The first-order valence-electron chi connectivity index (χ1n) is 6.50. The second-order valence-electron chi connectivity index (χ2n) is 4.07. The van der Waals surface area contributed by atoms with Gasteiger partial charge in [-0.2, -0.15) is 0 Å². The fourth-order valence-electron chi connectivity index (χ4n) is 0.863. The van der Waals surface area contributed by atoms with Crippen LogP contribution in [-0.2, 0) is 38.7 Å². The van der Waals surface area contributed by atoms with E-state index in [0.29, 0.717) is 12.8 Å². The van der Waals surface area contributed by atoms with Crippen molar-refractivity contribution in [2.75, 3.05) is 0 Å². The van der Waals surface area contributed by atoms with E-state index >= 15 is 0 Å². The average Bonchev–Trinajstić information content (AvgIpc) is 2.53. The lowest BCUT2D eigenvalue weighted by molar-refractivity contribution is -0.260. The Morgan fingerprint density at radius 2 is 1.00 bits per heavy atom. The van der Waals surface area contributed by atoms with Crippen LogP contribution in [0.3, 0.4) is 0 Å². The second-order valence-corrected chi connectivity index (χ2v) is 4.07. The van der Waals surface area contributed by atoms with Crippen LogP contribution in [0.15, 0.2) is 24.3 Å². The van der Waals surface area contributed by atoms with Crippen LogP contribution >= 0.6 is 0 Å². The molecule has 0 aromatic carbocycles. The van der Waals surface area contributed by atoms with E-state index in [2.05, 4.69) is 32.7 Å². The van der Waals surface area contributed by atoms with Gasteiger partial charge < -0.3 is 0 Å². The summed E-state index contributed by atoms with van der Waals surface area (Å²) in [7, 11) is 0. The topological polar surface area (TPSA) is 105 Å². The normalized spacial score (nSPS) is 9.36. The number of rotatable bonds is 7. The van der Waals surface area contributed by atoms with Crippen LogP contribution in [0, 0.1) is 0 Å². The van der Waals surface area contributed by atoms with Gasteiger partial charge in [-0.15, -0.1) is 0 Å². The average molecular weight is 314 g/mol. The molecule has 0 aliphatic rings. The third-order valence-corrected chi connectivity index (χ3v) is 2.38. The monoisotopic (exact) mass is 314 g/mol. The standard InChI is InChI=1S/C14H18O8/c1-5-9(3)13(17)21-19-11(15)7-8-12(16)20-22-14(18)10(4)6-2/h3-8H2,1-2H3. The zero-order chi connectivity index (χ0) is 17.1. The second kappa shape index (κ2) is 10.1. The van der Waals surface area contributed by atoms with Gasteiger partial charge in [0.15, 0.2) is 0 Å². The van der Waals surface area contributed by atoms with Crippen molar-refractivity contribution in [1.82, 2.24) is 0 Å². The fourth-order valence-corrected chi connectivity index (χ4v) is 0.863. The Morgan fingerprint density at radius 1 is 0.682 bits per heavy atom. The molecular weight excluding hydrogens is 296 g/mol. The Morgan fingerprint density at radius 3 is 1.27 bits per heavy atom. The zero-order valence-electron chi connectivity index (χ0n) is 12.5. The Hall–Kier alpha value is -2.64. The van der Waals surface area contributed by atoms with Crippen LogP contribution in [-0.4, -0.2) is 23.9 Å². The van der Waals surface area contributed by atoms with Crippen LogP contribution in [0.5, 0.6) is 0 Å². The molecule has 0 atom stereocenters. The molecule has 8 heteroatoms. The Balaban J connectivity index is 3.93. The maximum absolute atomic E-state index is 11.2. The molecule has 8 nitrogen and oxygen atoms in total. The summed E-state index contributed by atoms with van der Waals surface area (Å²) in [5.41, 5.74) is 0.269. The first-order chi connectivity index (χ1) is 10.3. The molecule has 122 valence electrons. The predicted molar refractivity (Wildman–Crippen MR) is 72.5 cm³/mol. The number of carbonyl (C=O) groups is 4. The lowest BCUT2D eigenvalue weighted by atomic mass is 10.2. The van der Waals surface area contributed by atoms with Crippen molar-refractivity contribution in [3.63, 3.8) is 0 Å². The third-order valence-electron chi connectivity index (χ3n) is 2.38. The van der Waals surface area contributed by atoms with E-state index in [-0.39, 0.29) is 11.1 Å². The number of carbonyl (C=O) groups excluding carboxylic acids is 4. The minimum Gasteiger partial charge on any atom is -0.247 e. The van der Waals surface area contributed by atoms with Crippen molar-refractivity contribution in [2.24, 2.45) is 0 Å². The molecular formula is C14H18O8. The molecule has 0 aromatic rings. The quantitative estimate of drug-likeness (QED) is 0.397. The molecule has 0 unspecified atom stereocenters. The van der Waals surface area contributed by atoms with Gasteiger partial charge in [-0.05, 0) is 12.8 Å². The molecule has 0 aliphatic carbocycles. The van der Waals surface area contributed by atoms with Gasteiger partial charge in [-0.3, -0.25) is 0 Å². The van der Waals surface area contributed by atoms with Gasteiger partial charge >= 0.3 is 23.9 Å². The lowest BCUT2D eigenvalue weighted by Crippen LogP contribution is -2.16. The zero-order valence-corrected chi connectivity index (χ0v) is 12.5. The Kier molecular flexibility index (Phi) is 8.92. The van der Waals surface area contributed by atoms with Crippen molar-refractivity contribution >= 4 is 23.9 Å². The molecule has 0 bridgehead atoms. The van der Waals surface area contributed by atoms with Gasteiger partial charge in [-0.1, -0.05) is 27.0 Å². The molecule has 0 rings (SSSR count). The summed E-state index contributed by atoms with van der Waals surface area (Å²) in [6, 6.07) is 0. The van der Waals surface area contributed by atoms with Crippen molar-refractivity contribution in [1.29, 1.82) is 0 Å². The van der Waals surface area contributed by atoms with E-state index in [1.807, 2.05) is 0 Å². The number of hydrogen-bond donors (Lipinski definition) is 0. The summed E-state index contributed by atoms with van der Waals surface area (Å²) in [6.45, 7) is 10.1. The Labute approximate surface area is 127 Å². The van der Waals surface area contributed by atoms with Gasteiger partial charge in [0.25, 0.3) is 0 Å². The van der Waals surface area contributed by atoms with Crippen LogP contribution in [0.4, 0.5) is 0 Å². The Bertz CT molecular complexity index is 433. The van der Waals surface area contributed by atoms with E-state index in [4.69, 9.17) is 0 Å². The molecule has 0 aromatic heterocycles. The highest BCUT2D eigenvalue weighted by Gasteiger charge is 2.16. The summed E-state index contributed by atoms with van der Waals surface area (Å²) in [5.74, 6) is -3.66. The predicted octanol–water partition coefficient (Wildman–Crippen LogP) is 1.70. The van der Waals surface area contributed by atoms with Crippen LogP contribution in [0.1, 0.15) is 39.5 Å². The molecule has 0 fully saturated rings. The van der Waals surface area contributed by atoms with Crippen molar-refractivity contribution in [2.45, 2.75) is 39.5 Å². The summed E-state index contributed by atoms with van der Waals surface area (Å²) >= 11 is 0. The maximum atomic E-state index is 11.2. The van der Waals surface area contributed by atoms with Crippen molar-refractivity contribution in [3.05, 3.63) is 24.3 Å². The summed E-state index contributed by atoms with van der Waals surface area (Å²) in [6.07, 6.45) is -0.151. The van der Waals surface area contributed by atoms with Gasteiger partial charge in [-0.25, -0.2) is 38.7 Å². The summed E-state index contributed by atoms with van der Waals surface area (Å²) in [4.78, 5) is 61.4. The summed E-state index contributed by atoms with van der Waals surface area (Å²) in [5, 5.41) is 0. The molecule has 0 saturated heterocycles. The molecule has 0 radical (unpaired) electrons. The first kappa shape index (κ1) is 19.4. The van der Waals surface area contributed by atoms with Crippen LogP contribution < -0.4 is 0 Å². The van der Waals surface area contributed by atoms with E-state index in [1.54, 1.807) is 13.8 Å². The van der Waals surface area contributed by atoms with E-state index in [1.165, 1.54) is 0 Å². The molecule has 0 heterocycles. The molecule has 0 saturated carbocycles. The SMILES string of the molecule is C=C(CC)C(=O)OOC(=O)CCC(=O)OOC(=O)C(=C)CC. The molecule has 0 N–H and O–H groups in total. The minimum absolute atomic E-state index is 0.135. The summed E-state index contributed by atoms with van der Waals surface area (Å²) < 4.78 is 0. The van der Waals surface area contributed by atoms with Gasteiger partial charge in [0.2, 0.25) is 0 Å².